The fourth-order valence-electron chi connectivity index (χ4n) is 6.88. The monoisotopic (exact) mass is 696 g/mol. The summed E-state index contributed by atoms with van der Waals surface area (Å²) in [6.45, 7) is 2.95. The number of methoxy groups -OCH3 is 1. The molecule has 1 fully saturated rings. The van der Waals surface area contributed by atoms with Crippen LogP contribution in [-0.2, 0) is 32.0 Å². The maximum absolute atomic E-state index is 13.9. The van der Waals surface area contributed by atoms with Gasteiger partial charge in [0.1, 0.15) is 35.2 Å². The Balaban J connectivity index is 1.26. The van der Waals surface area contributed by atoms with E-state index in [-0.39, 0.29) is 66.7 Å². The Hall–Kier alpha value is -4.78. The lowest BCUT2D eigenvalue weighted by Gasteiger charge is -2.42. The van der Waals surface area contributed by atoms with Crippen molar-refractivity contribution in [2.75, 3.05) is 20.4 Å². The van der Waals surface area contributed by atoms with E-state index in [0.717, 1.165) is 6.92 Å². The number of fused-ring (bicyclic) bond motifs is 3. The normalized spacial score (nSPS) is 25.8. The van der Waals surface area contributed by atoms with Crippen molar-refractivity contribution in [3.63, 3.8) is 0 Å². The van der Waals surface area contributed by atoms with Crippen molar-refractivity contribution >= 4 is 23.3 Å². The van der Waals surface area contributed by atoms with E-state index in [1.54, 1.807) is 6.92 Å². The zero-order chi connectivity index (χ0) is 36.1. The molecular formula is C33H36N4O13. The van der Waals surface area contributed by atoms with Gasteiger partial charge in [-0.25, -0.2) is 4.57 Å². The van der Waals surface area contributed by atoms with Crippen LogP contribution < -0.4 is 10.1 Å². The zero-order valence-corrected chi connectivity index (χ0v) is 27.3. The van der Waals surface area contributed by atoms with E-state index >= 15 is 0 Å². The van der Waals surface area contributed by atoms with Crippen molar-refractivity contribution in [2.45, 2.75) is 75.9 Å². The topological polar surface area (TPSA) is 242 Å². The summed E-state index contributed by atoms with van der Waals surface area (Å²) in [7, 11) is 1.32. The first-order valence-corrected chi connectivity index (χ1v) is 15.8. The van der Waals surface area contributed by atoms with Crippen molar-refractivity contribution in [1.82, 2.24) is 14.9 Å². The Morgan fingerprint density at radius 2 is 1.94 bits per heavy atom. The molecule has 3 aliphatic rings. The molecule has 2 aliphatic carbocycles. The molecule has 6 rings (SSSR count). The first kappa shape index (κ1) is 35.1. The van der Waals surface area contributed by atoms with Crippen LogP contribution in [0.2, 0.25) is 0 Å². The predicted octanol–water partition coefficient (Wildman–Crippen LogP) is 1.44. The highest BCUT2D eigenvalue weighted by molar-refractivity contribution is 6.31. The molecule has 1 aliphatic heterocycles. The maximum atomic E-state index is 13.9. The zero-order valence-electron chi connectivity index (χ0n) is 27.3. The Morgan fingerprint density at radius 1 is 1.20 bits per heavy atom. The number of benzene rings is 2. The lowest BCUT2D eigenvalue weighted by molar-refractivity contribution is -0.396. The maximum Gasteiger partial charge on any atom is 0.434 e. The third-order valence-corrected chi connectivity index (χ3v) is 9.53. The van der Waals surface area contributed by atoms with Crippen LogP contribution in [0.3, 0.4) is 0 Å². The van der Waals surface area contributed by atoms with Crippen LogP contribution in [0.4, 0.5) is 5.95 Å². The van der Waals surface area contributed by atoms with E-state index in [4.69, 9.17) is 18.9 Å². The van der Waals surface area contributed by atoms with Gasteiger partial charge < -0.3 is 49.5 Å². The Kier molecular flexibility index (Phi) is 9.47. The number of hydrogen-bond donors (Lipinski definition) is 5. The van der Waals surface area contributed by atoms with Gasteiger partial charge in [0.15, 0.2) is 17.9 Å². The summed E-state index contributed by atoms with van der Waals surface area (Å²) >= 11 is 0. The van der Waals surface area contributed by atoms with Gasteiger partial charge in [-0.3, -0.25) is 19.7 Å². The van der Waals surface area contributed by atoms with Crippen molar-refractivity contribution < 1.29 is 58.7 Å². The van der Waals surface area contributed by atoms with Gasteiger partial charge in [-0.1, -0.05) is 17.1 Å². The minimum absolute atomic E-state index is 0.0197. The number of aromatic nitrogens is 2. The summed E-state index contributed by atoms with van der Waals surface area (Å²) in [6.07, 6.45) is -2.31. The van der Waals surface area contributed by atoms with Crippen LogP contribution in [0.1, 0.15) is 75.8 Å². The molecule has 6 atom stereocenters. The summed E-state index contributed by atoms with van der Waals surface area (Å²) in [6, 6.07) is 3.73. The van der Waals surface area contributed by atoms with Crippen LogP contribution >= 0.6 is 0 Å². The third-order valence-electron chi connectivity index (χ3n) is 9.53. The molecule has 2 aromatic carbocycles. The van der Waals surface area contributed by atoms with Crippen molar-refractivity contribution in [1.29, 1.82) is 0 Å². The summed E-state index contributed by atoms with van der Waals surface area (Å²) in [4.78, 5) is 54.4. The molecule has 50 heavy (non-hydrogen) atoms. The molecule has 0 radical (unpaired) electrons. The minimum atomic E-state index is -2.08. The standard InChI is InChI=1S/C33H36N4O13/c1-15-27(39)19(35-14-48-10-9-36-8-7-34-32(36)37(45)46)11-22(49-15)50-21-13-33(44,16(2)38)12-18-24(21)31(43)26-25(29(18)41)28(40)17-5-4-6-20(47-3)23(17)30(26)42/h4-8,15,19,21-22,27,35,39,41,43-44H,9-14H2,1-3H3/t15-,19-,21-,22-,27+,33-/m0/s1. The predicted molar refractivity (Wildman–Crippen MR) is 169 cm³/mol. The van der Waals surface area contributed by atoms with Crippen LogP contribution in [0, 0.1) is 10.1 Å². The number of aliphatic hydroxyl groups excluding tert-OH is 1. The summed E-state index contributed by atoms with van der Waals surface area (Å²) in [5.41, 5.74) is -3.35. The van der Waals surface area contributed by atoms with Crippen LogP contribution in [0.5, 0.6) is 17.2 Å². The number of carbonyl (C=O) groups excluding carboxylic acids is 3. The highest BCUT2D eigenvalue weighted by atomic mass is 16.7. The number of carbonyl (C=O) groups is 3. The number of hydrogen-bond acceptors (Lipinski definition) is 15. The second kappa shape index (κ2) is 13.5. The first-order valence-electron chi connectivity index (χ1n) is 15.8. The number of ether oxygens (including phenoxy) is 4. The molecular weight excluding hydrogens is 660 g/mol. The number of phenolic OH excluding ortho intramolecular Hbond substituents is 2. The van der Waals surface area contributed by atoms with Crippen LogP contribution in [0.15, 0.2) is 30.6 Å². The molecule has 266 valence electrons. The summed E-state index contributed by atoms with van der Waals surface area (Å²) < 4.78 is 24.4. The summed E-state index contributed by atoms with van der Waals surface area (Å²) in [5, 5.41) is 59.6. The number of aromatic hydroxyl groups is 2. The summed E-state index contributed by atoms with van der Waals surface area (Å²) in [5.74, 6) is -3.73. The Labute approximate surface area is 284 Å². The van der Waals surface area contributed by atoms with Crippen molar-refractivity contribution in [3.8, 4) is 17.2 Å². The van der Waals surface area contributed by atoms with E-state index in [9.17, 15) is 44.9 Å². The number of phenols is 2. The average Bonchev–Trinajstić information content (AvgIpc) is 3.55. The first-order chi connectivity index (χ1) is 23.8. The molecule has 2 heterocycles. The largest absolute Gasteiger partial charge is 0.507 e. The van der Waals surface area contributed by atoms with E-state index in [1.807, 2.05) is 0 Å². The van der Waals surface area contributed by atoms with Gasteiger partial charge in [0.05, 0.1) is 62.0 Å². The number of rotatable bonds is 11. The number of aliphatic hydroxyl groups is 2. The Morgan fingerprint density at radius 3 is 2.64 bits per heavy atom. The quantitative estimate of drug-likeness (QED) is 0.0490. The lowest BCUT2D eigenvalue weighted by atomic mass is 9.72. The van der Waals surface area contributed by atoms with E-state index in [0.29, 0.717) is 0 Å². The van der Waals surface area contributed by atoms with Crippen LogP contribution in [0.25, 0.3) is 0 Å². The number of ketones is 3. The van der Waals surface area contributed by atoms with Gasteiger partial charge in [-0.2, -0.15) is 0 Å². The third kappa shape index (κ3) is 6.01. The van der Waals surface area contributed by atoms with Gasteiger partial charge in [0, 0.05) is 42.0 Å². The fourth-order valence-corrected chi connectivity index (χ4v) is 6.88. The van der Waals surface area contributed by atoms with E-state index in [1.165, 1.54) is 42.3 Å². The highest BCUT2D eigenvalue weighted by Gasteiger charge is 2.49. The molecule has 5 N–H and O–H groups in total. The SMILES string of the molecule is COc1cccc2c1C(=O)c1c(O)c3c(c(O)c1C2=O)C[C@@](O)(C(C)=O)C[C@@H]3O[C@H]1C[C@H](NCOCCn2ccnc2[N+](=O)[O-])[C@H](O)[C@H](C)O1. The van der Waals surface area contributed by atoms with E-state index in [2.05, 4.69) is 10.3 Å². The average molecular weight is 697 g/mol. The van der Waals surface area contributed by atoms with Crippen molar-refractivity contribution in [3.05, 3.63) is 74.1 Å². The number of nitrogens with one attached hydrogen (secondary N) is 1. The highest BCUT2D eigenvalue weighted by Crippen LogP contribution is 2.52. The second-order valence-corrected chi connectivity index (χ2v) is 12.5. The van der Waals surface area contributed by atoms with Gasteiger partial charge in [-0.15, -0.1) is 0 Å². The van der Waals surface area contributed by atoms with E-state index < -0.39 is 87.6 Å². The Bertz CT molecular complexity index is 1880. The fraction of sp³-hybridized carbons (Fsp3) is 0.455. The molecule has 0 amide bonds. The molecule has 17 nitrogen and oxygen atoms in total. The molecule has 0 unspecified atom stereocenters. The molecule has 0 spiro atoms. The number of Topliss-reactive ketones (excluding diaryl/α,β-unsaturated/α-hetero) is 1. The van der Waals surface area contributed by atoms with Gasteiger partial charge in [0.25, 0.3) is 0 Å². The molecule has 17 heteroatoms. The number of nitro groups is 1. The van der Waals surface area contributed by atoms with Crippen molar-refractivity contribution in [2.24, 2.45) is 0 Å². The molecule has 0 saturated carbocycles. The minimum Gasteiger partial charge on any atom is -0.507 e. The molecule has 1 aromatic heterocycles. The van der Waals surface area contributed by atoms with Crippen LogP contribution in [-0.4, -0.2) is 103 Å². The lowest BCUT2D eigenvalue weighted by Crippen LogP contribution is -2.55. The van der Waals surface area contributed by atoms with Gasteiger partial charge in [0.2, 0.25) is 5.78 Å². The smallest absolute Gasteiger partial charge is 0.434 e. The number of imidazole rings is 1. The molecule has 3 aromatic rings. The molecule has 1 saturated heterocycles. The second-order valence-electron chi connectivity index (χ2n) is 12.5. The molecule has 0 bridgehead atoms. The number of nitrogens with zero attached hydrogens (tertiary/aromatic N) is 3. The van der Waals surface area contributed by atoms with Gasteiger partial charge >= 0.3 is 5.95 Å². The van der Waals surface area contributed by atoms with Gasteiger partial charge in [-0.05, 0) is 24.8 Å².